The van der Waals surface area contributed by atoms with Crippen molar-refractivity contribution in [1.29, 1.82) is 0 Å². The number of aromatic amines is 1. The Balaban J connectivity index is 1.53. The van der Waals surface area contributed by atoms with Gasteiger partial charge in [-0.05, 0) is 48.9 Å². The van der Waals surface area contributed by atoms with Gasteiger partial charge in [0.1, 0.15) is 12.0 Å². The van der Waals surface area contributed by atoms with E-state index >= 15 is 0 Å². The molecule has 2 atom stereocenters. The molecule has 0 radical (unpaired) electrons. The van der Waals surface area contributed by atoms with Crippen LogP contribution in [0.3, 0.4) is 0 Å². The zero-order valence-electron chi connectivity index (χ0n) is 16.4. The van der Waals surface area contributed by atoms with Crippen molar-refractivity contribution in [3.8, 4) is 22.5 Å². The zero-order valence-corrected chi connectivity index (χ0v) is 17.9. The Hall–Kier alpha value is -3.22. The smallest absolute Gasteiger partial charge is 0.310 e. The minimum Gasteiger partial charge on any atom is -0.481 e. The molecule has 2 heterocycles. The third-order valence-corrected chi connectivity index (χ3v) is 6.09. The summed E-state index contributed by atoms with van der Waals surface area (Å²) in [6.45, 7) is 1.67. The van der Waals surface area contributed by atoms with E-state index in [-0.39, 0.29) is 0 Å². The summed E-state index contributed by atoms with van der Waals surface area (Å²) in [7, 11) is 0. The number of nitrogens with zero attached hydrogens (tertiary/aromatic N) is 1. The van der Waals surface area contributed by atoms with Crippen LogP contribution in [0.4, 0.5) is 11.4 Å². The molecule has 0 fully saturated rings. The maximum atomic E-state index is 11.4. The molecular formula is C23H18Cl2N4O2. The molecule has 1 aliphatic rings. The van der Waals surface area contributed by atoms with Crippen LogP contribution in [0.5, 0.6) is 0 Å². The Kier molecular flexibility index (Phi) is 4.76. The van der Waals surface area contributed by atoms with E-state index < -0.39 is 18.1 Å². The van der Waals surface area contributed by atoms with Gasteiger partial charge in [-0.3, -0.25) is 4.79 Å². The Labute approximate surface area is 188 Å². The number of anilines is 2. The maximum absolute atomic E-state index is 11.4. The zero-order chi connectivity index (χ0) is 21.7. The molecule has 4 aromatic rings. The van der Waals surface area contributed by atoms with Crippen LogP contribution in [0.2, 0.25) is 10.0 Å². The van der Waals surface area contributed by atoms with Crippen molar-refractivity contribution in [2.75, 3.05) is 10.6 Å². The summed E-state index contributed by atoms with van der Waals surface area (Å²) < 4.78 is 0. The molecule has 31 heavy (non-hydrogen) atoms. The number of H-pyrrole nitrogens is 1. The number of rotatable bonds is 4. The molecule has 1 aromatic heterocycles. The van der Waals surface area contributed by atoms with E-state index in [1.807, 2.05) is 48.5 Å². The summed E-state index contributed by atoms with van der Waals surface area (Å²) in [5.74, 6) is -0.761. The Morgan fingerprint density at radius 2 is 1.90 bits per heavy atom. The average Bonchev–Trinajstić information content (AvgIpc) is 3.36. The van der Waals surface area contributed by atoms with E-state index in [1.54, 1.807) is 13.0 Å². The molecule has 8 heteroatoms. The summed E-state index contributed by atoms with van der Waals surface area (Å²) in [6.07, 6.45) is -0.392. The molecule has 3 aromatic carbocycles. The molecule has 156 valence electrons. The largest absolute Gasteiger partial charge is 0.481 e. The lowest BCUT2D eigenvalue weighted by Gasteiger charge is -2.16. The van der Waals surface area contributed by atoms with Gasteiger partial charge in [-0.2, -0.15) is 0 Å². The van der Waals surface area contributed by atoms with Crippen LogP contribution in [0.15, 0.2) is 54.6 Å². The van der Waals surface area contributed by atoms with E-state index in [9.17, 15) is 9.90 Å². The summed E-state index contributed by atoms with van der Waals surface area (Å²) in [6, 6.07) is 17.2. The molecule has 1 aliphatic heterocycles. The standard InChI is InChI=1S/C23H18Cl2N4O2/c1-11(23(30)31)21-27-18-4-2-3-15(20(18)29-21)22-26-17-8-5-12(9-19(17)28-22)14-7-6-13(24)10-16(14)25/h2-11,21,27,29H,1H3,(H,26,28)(H,30,31). The number of aliphatic carboxylic acids is 1. The van der Waals surface area contributed by atoms with Gasteiger partial charge >= 0.3 is 5.97 Å². The van der Waals surface area contributed by atoms with Crippen molar-refractivity contribution < 1.29 is 9.90 Å². The van der Waals surface area contributed by atoms with Gasteiger partial charge in [0.15, 0.2) is 0 Å². The van der Waals surface area contributed by atoms with Crippen molar-refractivity contribution in [1.82, 2.24) is 9.97 Å². The van der Waals surface area contributed by atoms with Crippen LogP contribution < -0.4 is 10.6 Å². The number of nitrogens with one attached hydrogen (secondary N) is 3. The van der Waals surface area contributed by atoms with Crippen molar-refractivity contribution in [3.05, 3.63) is 64.6 Å². The Morgan fingerprint density at radius 1 is 1.06 bits per heavy atom. The summed E-state index contributed by atoms with van der Waals surface area (Å²) in [4.78, 5) is 19.5. The van der Waals surface area contributed by atoms with Gasteiger partial charge in [-0.25, -0.2) is 4.98 Å². The maximum Gasteiger partial charge on any atom is 0.310 e. The fourth-order valence-corrected chi connectivity index (χ4v) is 4.32. The fraction of sp³-hybridized carbons (Fsp3) is 0.130. The second kappa shape index (κ2) is 7.48. The number of halogens is 2. The number of hydrogen-bond donors (Lipinski definition) is 4. The van der Waals surface area contributed by atoms with Crippen LogP contribution in [-0.2, 0) is 4.79 Å². The summed E-state index contributed by atoms with van der Waals surface area (Å²) in [5, 5.41) is 17.0. The monoisotopic (exact) mass is 452 g/mol. The third kappa shape index (κ3) is 3.48. The van der Waals surface area contributed by atoms with Gasteiger partial charge in [0, 0.05) is 21.2 Å². The number of benzene rings is 3. The average molecular weight is 453 g/mol. The number of carboxylic acids is 1. The lowest BCUT2D eigenvalue weighted by atomic mass is 10.1. The normalized spacial score (nSPS) is 15.9. The highest BCUT2D eigenvalue weighted by molar-refractivity contribution is 6.36. The lowest BCUT2D eigenvalue weighted by molar-refractivity contribution is -0.141. The number of fused-ring (bicyclic) bond motifs is 2. The van der Waals surface area contributed by atoms with Gasteiger partial charge in [-0.1, -0.05) is 41.4 Å². The van der Waals surface area contributed by atoms with Crippen LogP contribution in [-0.4, -0.2) is 27.2 Å². The van der Waals surface area contributed by atoms with Crippen LogP contribution in [0.1, 0.15) is 6.92 Å². The molecular weight excluding hydrogens is 435 g/mol. The number of para-hydroxylation sites is 1. The predicted molar refractivity (Wildman–Crippen MR) is 125 cm³/mol. The first kappa shape index (κ1) is 19.7. The fourth-order valence-electron chi connectivity index (χ4n) is 3.80. The summed E-state index contributed by atoms with van der Waals surface area (Å²) >= 11 is 12.4. The van der Waals surface area contributed by atoms with Gasteiger partial charge in [0.05, 0.1) is 28.3 Å². The minimum atomic E-state index is -0.864. The van der Waals surface area contributed by atoms with Crippen LogP contribution >= 0.6 is 23.2 Å². The Bertz CT molecular complexity index is 1330. The first-order chi connectivity index (χ1) is 14.9. The number of carbonyl (C=O) groups is 1. The Morgan fingerprint density at radius 3 is 2.68 bits per heavy atom. The molecule has 0 saturated carbocycles. The second-order valence-corrected chi connectivity index (χ2v) is 8.41. The van der Waals surface area contributed by atoms with Crippen molar-refractivity contribution in [2.45, 2.75) is 13.1 Å². The molecule has 0 saturated heterocycles. The van der Waals surface area contributed by atoms with Gasteiger partial charge in [0.2, 0.25) is 0 Å². The highest BCUT2D eigenvalue weighted by Gasteiger charge is 2.31. The first-order valence-corrected chi connectivity index (χ1v) is 10.5. The van der Waals surface area contributed by atoms with E-state index in [1.165, 1.54) is 0 Å². The molecule has 0 aliphatic carbocycles. The molecule has 0 bridgehead atoms. The van der Waals surface area contributed by atoms with Crippen molar-refractivity contribution >= 4 is 51.6 Å². The number of imidazole rings is 1. The highest BCUT2D eigenvalue weighted by Crippen LogP contribution is 2.40. The molecule has 6 nitrogen and oxygen atoms in total. The SMILES string of the molecule is CC(C(=O)O)C1Nc2cccc(-c3nc4cc(-c5ccc(Cl)cc5Cl)ccc4[nH]3)c2N1. The quantitative estimate of drug-likeness (QED) is 0.300. The number of carboxylic acid groups (broad SMARTS) is 1. The van der Waals surface area contributed by atoms with Crippen LogP contribution in [0, 0.1) is 5.92 Å². The molecule has 0 spiro atoms. The minimum absolute atomic E-state index is 0.392. The number of aromatic nitrogens is 2. The molecule has 2 unspecified atom stereocenters. The first-order valence-electron chi connectivity index (χ1n) is 9.75. The highest BCUT2D eigenvalue weighted by atomic mass is 35.5. The van der Waals surface area contributed by atoms with E-state index in [4.69, 9.17) is 28.2 Å². The molecule has 0 amide bonds. The predicted octanol–water partition coefficient (Wildman–Crippen LogP) is 6.09. The molecule has 5 rings (SSSR count). The van der Waals surface area contributed by atoms with Gasteiger partial charge < -0.3 is 20.7 Å². The van der Waals surface area contributed by atoms with Gasteiger partial charge in [0.25, 0.3) is 0 Å². The van der Waals surface area contributed by atoms with Crippen LogP contribution in [0.25, 0.3) is 33.5 Å². The summed E-state index contributed by atoms with van der Waals surface area (Å²) in [5.41, 5.74) is 6.08. The second-order valence-electron chi connectivity index (χ2n) is 7.56. The van der Waals surface area contributed by atoms with Gasteiger partial charge in [-0.15, -0.1) is 0 Å². The third-order valence-electron chi connectivity index (χ3n) is 5.55. The van der Waals surface area contributed by atoms with Crippen molar-refractivity contribution in [2.24, 2.45) is 5.92 Å². The number of hydrogen-bond acceptors (Lipinski definition) is 4. The van der Waals surface area contributed by atoms with E-state index in [0.717, 1.165) is 39.1 Å². The molecule has 4 N–H and O–H groups in total. The van der Waals surface area contributed by atoms with Crippen molar-refractivity contribution in [3.63, 3.8) is 0 Å². The lowest BCUT2D eigenvalue weighted by Crippen LogP contribution is -2.35. The topological polar surface area (TPSA) is 90.0 Å². The van der Waals surface area contributed by atoms with E-state index in [0.29, 0.717) is 15.9 Å². The van der Waals surface area contributed by atoms with E-state index in [2.05, 4.69) is 15.6 Å².